The second kappa shape index (κ2) is 9.98. The minimum atomic E-state index is -0.488. The Balaban J connectivity index is 1.30. The van der Waals surface area contributed by atoms with Crippen LogP contribution >= 0.6 is 46.8 Å². The maximum atomic E-state index is 12.7. The van der Waals surface area contributed by atoms with E-state index in [0.717, 1.165) is 39.0 Å². The van der Waals surface area contributed by atoms with E-state index in [1.807, 2.05) is 32.0 Å². The number of hydrogen-bond donors (Lipinski definition) is 2. The van der Waals surface area contributed by atoms with Crippen LogP contribution in [-0.2, 0) is 6.42 Å². The molecule has 3 aromatic heterocycles. The molecule has 0 aliphatic heterocycles. The number of furan rings is 1. The van der Waals surface area contributed by atoms with Crippen LogP contribution in [-0.4, -0.2) is 30.8 Å². The second-order valence-corrected chi connectivity index (χ2v) is 10.0. The Labute approximate surface area is 225 Å². The van der Waals surface area contributed by atoms with Crippen LogP contribution in [0.15, 0.2) is 52.9 Å². The lowest BCUT2D eigenvalue weighted by Gasteiger charge is -2.12. The standard InChI is InChI=1S/C24H18Cl2N6O2S2/c1-3-20-29-30-24-32(20)31-22(36-24)13-5-4-12(2)17(10-13)27-23(35)28-21(33)19-9-8-18(34-19)15-7-6-14(25)11-16(15)26/h4-11H,3H2,1-2H3,(H2,27,28,33,35). The summed E-state index contributed by atoms with van der Waals surface area (Å²) in [6.45, 7) is 3.95. The van der Waals surface area contributed by atoms with Gasteiger partial charge in [0.25, 0.3) is 5.91 Å². The molecule has 0 bridgehead atoms. The number of amides is 1. The fraction of sp³-hybridized carbons (Fsp3) is 0.125. The minimum Gasteiger partial charge on any atom is -0.451 e. The molecule has 3 heterocycles. The smallest absolute Gasteiger partial charge is 0.293 e. The van der Waals surface area contributed by atoms with Crippen LogP contribution in [0.1, 0.15) is 28.9 Å². The molecule has 182 valence electrons. The molecule has 0 saturated heterocycles. The van der Waals surface area contributed by atoms with Gasteiger partial charge in [-0.1, -0.05) is 53.6 Å². The lowest BCUT2D eigenvalue weighted by Crippen LogP contribution is -2.34. The third kappa shape index (κ3) is 4.85. The highest BCUT2D eigenvalue weighted by Crippen LogP contribution is 2.32. The number of nitrogens with one attached hydrogen (secondary N) is 2. The van der Waals surface area contributed by atoms with Crippen LogP contribution in [0, 0.1) is 6.92 Å². The molecule has 0 fully saturated rings. The highest BCUT2D eigenvalue weighted by Gasteiger charge is 2.17. The molecule has 5 rings (SSSR count). The Morgan fingerprint density at radius 2 is 1.97 bits per heavy atom. The van der Waals surface area contributed by atoms with Gasteiger partial charge in [0.2, 0.25) is 4.96 Å². The summed E-state index contributed by atoms with van der Waals surface area (Å²) in [6, 6.07) is 14.1. The fourth-order valence-corrected chi connectivity index (χ4v) is 5.06. The number of anilines is 1. The summed E-state index contributed by atoms with van der Waals surface area (Å²) in [4.78, 5) is 13.5. The highest BCUT2D eigenvalue weighted by molar-refractivity contribution is 7.80. The SMILES string of the molecule is CCc1nnc2sc(-c3ccc(C)c(NC(=S)NC(=O)c4ccc(-c5ccc(Cl)cc5Cl)o4)c3)nn12. The van der Waals surface area contributed by atoms with Crippen molar-refractivity contribution in [1.29, 1.82) is 0 Å². The van der Waals surface area contributed by atoms with Gasteiger partial charge >= 0.3 is 0 Å². The molecule has 5 aromatic rings. The molecule has 12 heteroatoms. The lowest BCUT2D eigenvalue weighted by molar-refractivity contribution is 0.0951. The maximum absolute atomic E-state index is 12.7. The molecule has 0 saturated carbocycles. The monoisotopic (exact) mass is 556 g/mol. The van der Waals surface area contributed by atoms with E-state index in [1.54, 1.807) is 34.8 Å². The van der Waals surface area contributed by atoms with Crippen molar-refractivity contribution in [3.8, 4) is 21.9 Å². The van der Waals surface area contributed by atoms with E-state index < -0.39 is 5.91 Å². The maximum Gasteiger partial charge on any atom is 0.293 e. The van der Waals surface area contributed by atoms with Crippen molar-refractivity contribution in [2.75, 3.05) is 5.32 Å². The van der Waals surface area contributed by atoms with Crippen LogP contribution in [0.25, 0.3) is 26.9 Å². The van der Waals surface area contributed by atoms with Crippen molar-refractivity contribution >= 4 is 68.4 Å². The summed E-state index contributed by atoms with van der Waals surface area (Å²) in [7, 11) is 0. The van der Waals surface area contributed by atoms with Crippen molar-refractivity contribution in [1.82, 2.24) is 25.1 Å². The van der Waals surface area contributed by atoms with Crippen molar-refractivity contribution < 1.29 is 9.21 Å². The van der Waals surface area contributed by atoms with Gasteiger partial charge in [-0.25, -0.2) is 0 Å². The summed E-state index contributed by atoms with van der Waals surface area (Å²) in [5.74, 6) is 0.859. The van der Waals surface area contributed by atoms with Gasteiger partial charge in [-0.3, -0.25) is 10.1 Å². The predicted molar refractivity (Wildman–Crippen MR) is 146 cm³/mol. The molecule has 0 radical (unpaired) electrons. The first kappa shape index (κ1) is 24.4. The van der Waals surface area contributed by atoms with Crippen molar-refractivity contribution in [3.63, 3.8) is 0 Å². The summed E-state index contributed by atoms with van der Waals surface area (Å²) >= 11 is 19.0. The summed E-state index contributed by atoms with van der Waals surface area (Å²) in [5.41, 5.74) is 3.22. The zero-order valence-electron chi connectivity index (χ0n) is 19.0. The van der Waals surface area contributed by atoms with E-state index in [4.69, 9.17) is 39.8 Å². The zero-order chi connectivity index (χ0) is 25.4. The van der Waals surface area contributed by atoms with E-state index in [-0.39, 0.29) is 10.9 Å². The Morgan fingerprint density at radius 1 is 1.14 bits per heavy atom. The molecule has 0 atom stereocenters. The van der Waals surface area contributed by atoms with E-state index in [0.29, 0.717) is 21.4 Å². The number of carbonyl (C=O) groups is 1. The normalized spacial score (nSPS) is 11.1. The Morgan fingerprint density at radius 3 is 2.75 bits per heavy atom. The molecular weight excluding hydrogens is 539 g/mol. The Bertz CT molecular complexity index is 1620. The third-order valence-electron chi connectivity index (χ3n) is 5.36. The number of aromatic nitrogens is 4. The minimum absolute atomic E-state index is 0.0945. The van der Waals surface area contributed by atoms with Gasteiger partial charge < -0.3 is 9.73 Å². The van der Waals surface area contributed by atoms with Gasteiger partial charge in [0.1, 0.15) is 10.8 Å². The highest BCUT2D eigenvalue weighted by atomic mass is 35.5. The van der Waals surface area contributed by atoms with Crippen LogP contribution < -0.4 is 10.6 Å². The molecule has 36 heavy (non-hydrogen) atoms. The molecule has 1 amide bonds. The number of rotatable bonds is 5. The van der Waals surface area contributed by atoms with E-state index in [2.05, 4.69) is 25.9 Å². The van der Waals surface area contributed by atoms with Gasteiger partial charge in [-0.15, -0.1) is 10.2 Å². The number of hydrogen-bond acceptors (Lipinski definition) is 7. The number of halogens is 2. The van der Waals surface area contributed by atoms with Crippen LogP contribution in [0.2, 0.25) is 10.0 Å². The molecule has 0 unspecified atom stereocenters. The molecule has 0 aliphatic rings. The Kier molecular flexibility index (Phi) is 6.76. The topological polar surface area (TPSA) is 97.3 Å². The number of nitrogens with zero attached hydrogens (tertiary/aromatic N) is 4. The van der Waals surface area contributed by atoms with Crippen LogP contribution in [0.4, 0.5) is 5.69 Å². The molecule has 0 spiro atoms. The molecular formula is C24H18Cl2N6O2S2. The van der Waals surface area contributed by atoms with Crippen molar-refractivity contribution in [2.24, 2.45) is 0 Å². The second-order valence-electron chi connectivity index (χ2n) is 7.80. The molecule has 8 nitrogen and oxygen atoms in total. The van der Waals surface area contributed by atoms with Gasteiger partial charge in [0.15, 0.2) is 16.7 Å². The van der Waals surface area contributed by atoms with Gasteiger partial charge in [-0.2, -0.15) is 9.61 Å². The quantitative estimate of drug-likeness (QED) is 0.241. The molecule has 2 N–H and O–H groups in total. The summed E-state index contributed by atoms with van der Waals surface area (Å²) < 4.78 is 7.45. The first-order valence-corrected chi connectivity index (χ1v) is 12.8. The van der Waals surface area contributed by atoms with E-state index in [9.17, 15) is 4.79 Å². The first-order valence-electron chi connectivity index (χ1n) is 10.8. The third-order valence-corrected chi connectivity index (χ3v) is 7.06. The molecule has 2 aromatic carbocycles. The van der Waals surface area contributed by atoms with E-state index >= 15 is 0 Å². The average molecular weight is 557 g/mol. The summed E-state index contributed by atoms with van der Waals surface area (Å²) in [6.07, 6.45) is 0.739. The van der Waals surface area contributed by atoms with Gasteiger partial charge in [0, 0.05) is 28.3 Å². The van der Waals surface area contributed by atoms with Crippen molar-refractivity contribution in [3.05, 3.63) is 75.7 Å². The number of benzene rings is 2. The van der Waals surface area contributed by atoms with Gasteiger partial charge in [0.05, 0.1) is 5.02 Å². The average Bonchev–Trinajstić information content (AvgIpc) is 3.56. The Hall–Kier alpha value is -3.31. The number of carbonyl (C=O) groups excluding carboxylic acids is 1. The number of aryl methyl sites for hydroxylation is 2. The summed E-state index contributed by atoms with van der Waals surface area (Å²) in [5, 5.41) is 20.6. The molecule has 0 aliphatic carbocycles. The van der Waals surface area contributed by atoms with Crippen molar-refractivity contribution in [2.45, 2.75) is 20.3 Å². The fourth-order valence-electron chi connectivity index (χ4n) is 3.50. The number of thiocarbonyl (C=S) groups is 1. The first-order chi connectivity index (χ1) is 17.3. The van der Waals surface area contributed by atoms with Gasteiger partial charge in [-0.05, 0) is 61.1 Å². The van der Waals surface area contributed by atoms with Crippen LogP contribution in [0.3, 0.4) is 0 Å². The largest absolute Gasteiger partial charge is 0.451 e. The number of fused-ring (bicyclic) bond motifs is 1. The zero-order valence-corrected chi connectivity index (χ0v) is 22.1. The lowest BCUT2D eigenvalue weighted by atomic mass is 10.1. The predicted octanol–water partition coefficient (Wildman–Crippen LogP) is 6.42. The van der Waals surface area contributed by atoms with Crippen LogP contribution in [0.5, 0.6) is 0 Å². The van der Waals surface area contributed by atoms with E-state index in [1.165, 1.54) is 11.3 Å².